The van der Waals surface area contributed by atoms with Gasteiger partial charge in [-0.1, -0.05) is 20.8 Å². The Morgan fingerprint density at radius 1 is 1.17 bits per heavy atom. The van der Waals surface area contributed by atoms with Crippen molar-refractivity contribution in [1.82, 2.24) is 20.1 Å². The number of carbonyl (C=O) groups excluding carboxylic acids is 2. The van der Waals surface area contributed by atoms with Crippen LogP contribution < -0.4 is 5.32 Å². The fourth-order valence-corrected chi connectivity index (χ4v) is 5.63. The average Bonchev–Trinajstić information content (AvgIpc) is 3.49. The van der Waals surface area contributed by atoms with Gasteiger partial charge in [0.05, 0.1) is 10.6 Å². The van der Waals surface area contributed by atoms with E-state index in [9.17, 15) is 9.59 Å². The van der Waals surface area contributed by atoms with E-state index in [-0.39, 0.29) is 17.9 Å². The highest BCUT2D eigenvalue weighted by molar-refractivity contribution is 7.14. The Balaban J connectivity index is 0.00000124. The molecule has 2 aromatic heterocycles. The smallest absolute Gasteiger partial charge is 0.282 e. The number of aromatic nitrogens is 1. The van der Waals surface area contributed by atoms with Crippen molar-refractivity contribution >= 4 is 34.5 Å². The number of fused-ring (bicyclic) bond motifs is 1. The molecule has 8 heteroatoms. The first kappa shape index (κ1) is 22.9. The molecule has 1 saturated heterocycles. The zero-order chi connectivity index (χ0) is 21.7. The standard InChI is InChI=1S/C20H26N4O2S2.C2H6/c1-3-14-4-5-17(27-14)18(25)21-13-6-11-24(12-13)20(26)19-22-15-7-9-23(2)10-8-16(15)28-19;1-2/h4-5,13H,3,6-12H2,1-2H3,(H,21,25);1-2H3/t13-;/m1./s1. The molecule has 2 amide bonds. The summed E-state index contributed by atoms with van der Waals surface area (Å²) in [6, 6.07) is 3.90. The van der Waals surface area contributed by atoms with E-state index in [0.717, 1.165) is 49.3 Å². The Morgan fingerprint density at radius 3 is 2.67 bits per heavy atom. The third-order valence-corrected chi connectivity index (χ3v) is 7.83. The van der Waals surface area contributed by atoms with Gasteiger partial charge < -0.3 is 15.1 Å². The number of likely N-dealkylation sites (tertiary alicyclic amines) is 1. The van der Waals surface area contributed by atoms with Crippen LogP contribution >= 0.6 is 22.7 Å². The molecule has 6 nitrogen and oxygen atoms in total. The number of likely N-dealkylation sites (N-methyl/N-ethyl adjacent to an activating group) is 1. The highest BCUT2D eigenvalue weighted by Crippen LogP contribution is 2.25. The Hall–Kier alpha value is -1.77. The quantitative estimate of drug-likeness (QED) is 0.778. The Kier molecular flexibility index (Phi) is 8.02. The van der Waals surface area contributed by atoms with Gasteiger partial charge in [-0.15, -0.1) is 22.7 Å². The fraction of sp³-hybridized carbons (Fsp3) is 0.591. The molecule has 1 atom stereocenters. The zero-order valence-corrected chi connectivity index (χ0v) is 20.0. The second-order valence-electron chi connectivity index (χ2n) is 7.52. The lowest BCUT2D eigenvalue weighted by Gasteiger charge is -2.16. The topological polar surface area (TPSA) is 65.5 Å². The normalized spacial score (nSPS) is 18.9. The zero-order valence-electron chi connectivity index (χ0n) is 18.4. The van der Waals surface area contributed by atoms with Crippen LogP contribution in [0.5, 0.6) is 0 Å². The Labute approximate surface area is 187 Å². The SMILES string of the molecule is CC.CCc1ccc(C(=O)N[C@@H]2CCN(C(=O)c3nc4c(s3)CCN(C)CC4)C2)s1. The van der Waals surface area contributed by atoms with Crippen molar-refractivity contribution in [2.45, 2.75) is 52.5 Å². The van der Waals surface area contributed by atoms with E-state index < -0.39 is 0 Å². The molecule has 0 aromatic carbocycles. The van der Waals surface area contributed by atoms with Crippen LogP contribution in [0.25, 0.3) is 0 Å². The summed E-state index contributed by atoms with van der Waals surface area (Å²) in [5.74, 6) is -0.0262. The van der Waals surface area contributed by atoms with Crippen LogP contribution in [0, 0.1) is 0 Å². The number of rotatable bonds is 4. The van der Waals surface area contributed by atoms with Gasteiger partial charge in [-0.25, -0.2) is 4.98 Å². The minimum Gasteiger partial charge on any atom is -0.347 e. The van der Waals surface area contributed by atoms with Crippen LogP contribution in [-0.4, -0.2) is 65.9 Å². The molecule has 4 heterocycles. The number of nitrogens with one attached hydrogen (secondary N) is 1. The van der Waals surface area contributed by atoms with Crippen molar-refractivity contribution in [2.24, 2.45) is 0 Å². The van der Waals surface area contributed by atoms with Crippen molar-refractivity contribution in [3.8, 4) is 0 Å². The van der Waals surface area contributed by atoms with Gasteiger partial charge >= 0.3 is 0 Å². The summed E-state index contributed by atoms with van der Waals surface area (Å²) >= 11 is 3.09. The Bertz CT molecular complexity index is 851. The number of thiophene rings is 1. The van der Waals surface area contributed by atoms with Crippen molar-refractivity contribution in [3.05, 3.63) is 37.5 Å². The number of carbonyl (C=O) groups is 2. The molecule has 0 spiro atoms. The van der Waals surface area contributed by atoms with Crippen LogP contribution in [0.2, 0.25) is 0 Å². The van der Waals surface area contributed by atoms with Crippen molar-refractivity contribution < 1.29 is 9.59 Å². The Morgan fingerprint density at radius 2 is 1.93 bits per heavy atom. The molecule has 164 valence electrons. The lowest BCUT2D eigenvalue weighted by atomic mass is 10.2. The lowest BCUT2D eigenvalue weighted by molar-refractivity contribution is 0.0782. The number of hydrogen-bond acceptors (Lipinski definition) is 6. The van der Waals surface area contributed by atoms with Crippen LogP contribution in [0.15, 0.2) is 12.1 Å². The lowest BCUT2D eigenvalue weighted by Crippen LogP contribution is -2.38. The van der Waals surface area contributed by atoms with E-state index in [1.165, 1.54) is 9.75 Å². The van der Waals surface area contributed by atoms with Crippen molar-refractivity contribution in [1.29, 1.82) is 0 Å². The van der Waals surface area contributed by atoms with Gasteiger partial charge in [-0.05, 0) is 38.4 Å². The molecule has 2 aliphatic rings. The number of aryl methyl sites for hydroxylation is 1. The summed E-state index contributed by atoms with van der Waals surface area (Å²) in [6.07, 6.45) is 3.61. The molecule has 0 radical (unpaired) electrons. The van der Waals surface area contributed by atoms with Gasteiger partial charge in [0.25, 0.3) is 11.8 Å². The van der Waals surface area contributed by atoms with E-state index in [1.54, 1.807) is 22.7 Å². The molecule has 0 bridgehead atoms. The summed E-state index contributed by atoms with van der Waals surface area (Å²) < 4.78 is 0. The molecule has 4 rings (SSSR count). The molecule has 0 aliphatic carbocycles. The molecular formula is C22H32N4O2S2. The second kappa shape index (κ2) is 10.5. The van der Waals surface area contributed by atoms with E-state index in [2.05, 4.69) is 29.2 Å². The van der Waals surface area contributed by atoms with Gasteiger partial charge in [0.15, 0.2) is 5.01 Å². The molecule has 0 saturated carbocycles. The minimum absolute atomic E-state index is 0.00701. The van der Waals surface area contributed by atoms with Crippen LogP contribution in [-0.2, 0) is 19.3 Å². The highest BCUT2D eigenvalue weighted by atomic mass is 32.1. The van der Waals surface area contributed by atoms with Gasteiger partial charge in [-0.3, -0.25) is 9.59 Å². The first-order valence-corrected chi connectivity index (χ1v) is 12.5. The number of nitrogens with zero attached hydrogens (tertiary/aromatic N) is 3. The van der Waals surface area contributed by atoms with E-state index in [0.29, 0.717) is 18.1 Å². The third kappa shape index (κ3) is 5.28. The molecule has 1 N–H and O–H groups in total. The van der Waals surface area contributed by atoms with Gasteiger partial charge in [0.2, 0.25) is 0 Å². The van der Waals surface area contributed by atoms with Crippen LogP contribution in [0.4, 0.5) is 0 Å². The summed E-state index contributed by atoms with van der Waals surface area (Å²) in [7, 11) is 2.13. The number of thiazole rings is 1. The number of amides is 2. The van der Waals surface area contributed by atoms with E-state index >= 15 is 0 Å². The van der Waals surface area contributed by atoms with Gasteiger partial charge in [0, 0.05) is 48.4 Å². The summed E-state index contributed by atoms with van der Waals surface area (Å²) in [5, 5.41) is 3.69. The predicted octanol–water partition coefficient (Wildman–Crippen LogP) is 3.47. The molecular weight excluding hydrogens is 416 g/mol. The maximum absolute atomic E-state index is 12.9. The third-order valence-electron chi connectivity index (χ3n) is 5.46. The molecule has 2 aliphatic heterocycles. The maximum Gasteiger partial charge on any atom is 0.282 e. The first-order chi connectivity index (χ1) is 14.5. The van der Waals surface area contributed by atoms with E-state index in [1.807, 2.05) is 30.9 Å². The largest absolute Gasteiger partial charge is 0.347 e. The summed E-state index contributed by atoms with van der Waals surface area (Å²) in [5.41, 5.74) is 1.09. The highest BCUT2D eigenvalue weighted by Gasteiger charge is 2.31. The first-order valence-electron chi connectivity index (χ1n) is 10.9. The molecule has 0 unspecified atom stereocenters. The average molecular weight is 449 g/mol. The van der Waals surface area contributed by atoms with Crippen LogP contribution in [0.3, 0.4) is 0 Å². The van der Waals surface area contributed by atoms with Crippen molar-refractivity contribution in [3.63, 3.8) is 0 Å². The van der Waals surface area contributed by atoms with Crippen LogP contribution in [0.1, 0.15) is 62.1 Å². The molecule has 30 heavy (non-hydrogen) atoms. The van der Waals surface area contributed by atoms with Crippen molar-refractivity contribution in [2.75, 3.05) is 33.2 Å². The minimum atomic E-state index is -0.0333. The van der Waals surface area contributed by atoms with E-state index in [4.69, 9.17) is 0 Å². The fourth-order valence-electron chi connectivity index (χ4n) is 3.71. The second-order valence-corrected chi connectivity index (χ2v) is 9.77. The summed E-state index contributed by atoms with van der Waals surface area (Å²) in [4.78, 5) is 37.4. The summed E-state index contributed by atoms with van der Waals surface area (Å²) in [6.45, 7) is 9.32. The monoisotopic (exact) mass is 448 g/mol. The van der Waals surface area contributed by atoms with Gasteiger partial charge in [0.1, 0.15) is 0 Å². The predicted molar refractivity (Wildman–Crippen MR) is 124 cm³/mol. The van der Waals surface area contributed by atoms with Gasteiger partial charge in [-0.2, -0.15) is 0 Å². The maximum atomic E-state index is 12.9. The molecule has 2 aromatic rings. The number of hydrogen-bond donors (Lipinski definition) is 1. The molecule has 1 fully saturated rings.